The van der Waals surface area contributed by atoms with E-state index in [4.69, 9.17) is 34.8 Å². The molecule has 0 saturated carbocycles. The minimum atomic E-state index is 0.349. The van der Waals surface area contributed by atoms with Gasteiger partial charge in [0, 0.05) is 6.04 Å². The summed E-state index contributed by atoms with van der Waals surface area (Å²) in [6.45, 7) is 1.04. The van der Waals surface area contributed by atoms with E-state index >= 15 is 0 Å². The van der Waals surface area contributed by atoms with Crippen molar-refractivity contribution in [1.82, 2.24) is 5.32 Å². The molecule has 0 bridgehead atoms. The van der Waals surface area contributed by atoms with Crippen LogP contribution in [0.25, 0.3) is 0 Å². The van der Waals surface area contributed by atoms with Gasteiger partial charge in [-0.2, -0.15) is 0 Å². The van der Waals surface area contributed by atoms with Crippen LogP contribution in [0, 0.1) is 0 Å². The first kappa shape index (κ1) is 9.60. The Kier molecular flexibility index (Phi) is 2.70. The zero-order valence-corrected chi connectivity index (χ0v) is 9.05. The van der Waals surface area contributed by atoms with Crippen molar-refractivity contribution in [3.8, 4) is 0 Å². The summed E-state index contributed by atoms with van der Waals surface area (Å²) in [7, 11) is 0. The molecule has 0 radical (unpaired) electrons. The highest BCUT2D eigenvalue weighted by atomic mass is 35.5. The second kappa shape index (κ2) is 3.66. The molecule has 1 aromatic carbocycles. The number of hydrogen-bond acceptors (Lipinski definition) is 1. The topological polar surface area (TPSA) is 12.0 Å². The summed E-state index contributed by atoms with van der Waals surface area (Å²) >= 11 is 17.8. The lowest BCUT2D eigenvalue weighted by Crippen LogP contribution is -2.35. The molecule has 70 valence electrons. The van der Waals surface area contributed by atoms with E-state index in [-0.39, 0.29) is 0 Å². The molecule has 1 fully saturated rings. The maximum atomic E-state index is 6.05. The van der Waals surface area contributed by atoms with Gasteiger partial charge < -0.3 is 5.32 Å². The Labute approximate surface area is 92.0 Å². The van der Waals surface area contributed by atoms with E-state index in [1.54, 1.807) is 6.07 Å². The highest BCUT2D eigenvalue weighted by Crippen LogP contribution is 2.37. The molecule has 2 rings (SSSR count). The van der Waals surface area contributed by atoms with Gasteiger partial charge in [0.1, 0.15) is 0 Å². The average Bonchev–Trinajstić information content (AvgIpc) is 2.03. The Morgan fingerprint density at radius 1 is 1.15 bits per heavy atom. The summed E-state index contributed by atoms with van der Waals surface area (Å²) in [5.74, 6) is 0. The van der Waals surface area contributed by atoms with Crippen molar-refractivity contribution in [3.63, 3.8) is 0 Å². The smallest absolute Gasteiger partial charge is 0.0781 e. The second-order valence-electron chi connectivity index (χ2n) is 3.06. The molecule has 1 nitrogen and oxygen atoms in total. The summed E-state index contributed by atoms with van der Waals surface area (Å²) in [6, 6.07) is 4.06. The molecule has 1 atom stereocenters. The number of nitrogens with one attached hydrogen (secondary N) is 1. The minimum Gasteiger partial charge on any atom is -0.310 e. The van der Waals surface area contributed by atoms with Crippen LogP contribution >= 0.6 is 34.8 Å². The second-order valence-corrected chi connectivity index (χ2v) is 4.22. The van der Waals surface area contributed by atoms with Crippen LogP contribution in [0.2, 0.25) is 15.1 Å². The van der Waals surface area contributed by atoms with Crippen molar-refractivity contribution in [2.75, 3.05) is 6.54 Å². The molecule has 1 N–H and O–H groups in total. The van der Waals surface area contributed by atoms with Crippen LogP contribution in [0.15, 0.2) is 12.1 Å². The molecule has 0 amide bonds. The van der Waals surface area contributed by atoms with Gasteiger partial charge in [0.2, 0.25) is 0 Å². The normalized spacial score (nSPS) is 21.3. The molecule has 0 spiro atoms. The van der Waals surface area contributed by atoms with Crippen LogP contribution in [0.4, 0.5) is 0 Å². The predicted octanol–water partition coefficient (Wildman–Crippen LogP) is 3.68. The summed E-state index contributed by atoms with van der Waals surface area (Å²) in [5.41, 5.74) is 1.04. The number of halogens is 3. The average molecular weight is 237 g/mol. The van der Waals surface area contributed by atoms with Gasteiger partial charge in [-0.15, -0.1) is 0 Å². The molecule has 4 heteroatoms. The first-order chi connectivity index (χ1) is 6.20. The Bertz CT molecular complexity index is 334. The van der Waals surface area contributed by atoms with Crippen molar-refractivity contribution in [1.29, 1.82) is 0 Å². The molecular formula is C9H8Cl3N. The number of rotatable bonds is 1. The maximum absolute atomic E-state index is 6.05. The zero-order chi connectivity index (χ0) is 9.42. The largest absolute Gasteiger partial charge is 0.310 e. The molecule has 1 aliphatic heterocycles. The van der Waals surface area contributed by atoms with Gasteiger partial charge in [-0.3, -0.25) is 0 Å². The monoisotopic (exact) mass is 235 g/mol. The molecule has 0 unspecified atom stereocenters. The highest BCUT2D eigenvalue weighted by molar-refractivity contribution is 6.48. The fourth-order valence-corrected chi connectivity index (χ4v) is 2.04. The van der Waals surface area contributed by atoms with Crippen LogP contribution in [0.1, 0.15) is 18.0 Å². The van der Waals surface area contributed by atoms with E-state index in [1.807, 2.05) is 6.07 Å². The van der Waals surface area contributed by atoms with Crippen molar-refractivity contribution >= 4 is 34.8 Å². The van der Waals surface area contributed by atoms with Gasteiger partial charge in [-0.05, 0) is 24.6 Å². The Balaban J connectivity index is 2.41. The van der Waals surface area contributed by atoms with Crippen LogP contribution in [0.5, 0.6) is 0 Å². The van der Waals surface area contributed by atoms with Gasteiger partial charge in [0.05, 0.1) is 15.1 Å². The van der Waals surface area contributed by atoms with Gasteiger partial charge in [0.15, 0.2) is 0 Å². The lowest BCUT2D eigenvalue weighted by atomic mass is 9.98. The number of benzene rings is 1. The lowest BCUT2D eigenvalue weighted by Gasteiger charge is -2.29. The standard InChI is InChI=1S/C9H8Cl3N/c10-6-2-1-5(7-3-4-13-7)8(11)9(6)12/h1-2,7,13H,3-4H2/t7-/m0/s1. The minimum absolute atomic E-state index is 0.349. The molecule has 1 saturated heterocycles. The molecule has 13 heavy (non-hydrogen) atoms. The van der Waals surface area contributed by atoms with Gasteiger partial charge in [-0.25, -0.2) is 0 Å². The lowest BCUT2D eigenvalue weighted by molar-refractivity contribution is 0.383. The molecule has 1 aliphatic rings. The Morgan fingerprint density at radius 2 is 1.85 bits per heavy atom. The summed E-state index contributed by atoms with van der Waals surface area (Å²) in [6.07, 6.45) is 1.11. The first-order valence-electron chi connectivity index (χ1n) is 4.07. The van der Waals surface area contributed by atoms with Crippen LogP contribution in [0.3, 0.4) is 0 Å². The summed E-state index contributed by atoms with van der Waals surface area (Å²) in [5, 5.41) is 4.80. The van der Waals surface area contributed by atoms with Crippen LogP contribution < -0.4 is 5.32 Å². The molecule has 1 aromatic rings. The van der Waals surface area contributed by atoms with Gasteiger partial charge >= 0.3 is 0 Å². The molecular weight excluding hydrogens is 228 g/mol. The fraction of sp³-hybridized carbons (Fsp3) is 0.333. The van der Waals surface area contributed by atoms with E-state index in [9.17, 15) is 0 Å². The van der Waals surface area contributed by atoms with Gasteiger partial charge in [0.25, 0.3) is 0 Å². The molecule has 1 heterocycles. The van der Waals surface area contributed by atoms with Gasteiger partial charge in [-0.1, -0.05) is 40.9 Å². The highest BCUT2D eigenvalue weighted by Gasteiger charge is 2.22. The quantitative estimate of drug-likeness (QED) is 0.734. The zero-order valence-electron chi connectivity index (χ0n) is 6.78. The maximum Gasteiger partial charge on any atom is 0.0781 e. The van der Waals surface area contributed by atoms with E-state index in [1.165, 1.54) is 0 Å². The summed E-state index contributed by atoms with van der Waals surface area (Å²) < 4.78 is 0. The third kappa shape index (κ3) is 1.66. The van der Waals surface area contributed by atoms with E-state index < -0.39 is 0 Å². The van der Waals surface area contributed by atoms with Crippen molar-refractivity contribution in [2.24, 2.45) is 0 Å². The summed E-state index contributed by atoms with van der Waals surface area (Å²) in [4.78, 5) is 0. The Hall–Kier alpha value is 0.0500. The van der Waals surface area contributed by atoms with Crippen LogP contribution in [-0.2, 0) is 0 Å². The van der Waals surface area contributed by atoms with Crippen molar-refractivity contribution < 1.29 is 0 Å². The number of hydrogen-bond donors (Lipinski definition) is 1. The Morgan fingerprint density at radius 3 is 2.38 bits per heavy atom. The fourth-order valence-electron chi connectivity index (χ4n) is 1.36. The third-order valence-corrected chi connectivity index (χ3v) is 3.57. The van der Waals surface area contributed by atoms with E-state index in [0.29, 0.717) is 21.1 Å². The SMILES string of the molecule is Clc1ccc([C@@H]2CCN2)c(Cl)c1Cl. The van der Waals surface area contributed by atoms with E-state index in [0.717, 1.165) is 18.5 Å². The molecule has 0 aromatic heterocycles. The van der Waals surface area contributed by atoms with E-state index in [2.05, 4.69) is 5.32 Å². The third-order valence-electron chi connectivity index (χ3n) is 2.26. The van der Waals surface area contributed by atoms with Crippen molar-refractivity contribution in [2.45, 2.75) is 12.5 Å². The predicted molar refractivity (Wildman–Crippen MR) is 56.8 cm³/mol. The van der Waals surface area contributed by atoms with Crippen LogP contribution in [-0.4, -0.2) is 6.54 Å². The first-order valence-corrected chi connectivity index (χ1v) is 5.20. The van der Waals surface area contributed by atoms with Crippen molar-refractivity contribution in [3.05, 3.63) is 32.8 Å². The molecule has 0 aliphatic carbocycles.